The van der Waals surface area contributed by atoms with E-state index in [1.807, 2.05) is 24.3 Å². The third kappa shape index (κ3) is 2.69. The fourth-order valence-electron chi connectivity index (χ4n) is 2.83. The molecule has 0 bridgehead atoms. The van der Waals surface area contributed by atoms with Crippen molar-refractivity contribution in [3.63, 3.8) is 0 Å². The van der Waals surface area contributed by atoms with E-state index in [1.165, 1.54) is 12.1 Å². The highest BCUT2D eigenvalue weighted by molar-refractivity contribution is 6.33. The summed E-state index contributed by atoms with van der Waals surface area (Å²) in [6, 6.07) is 9.71. The molecule has 0 atom stereocenters. The van der Waals surface area contributed by atoms with E-state index in [9.17, 15) is 4.48 Å². The van der Waals surface area contributed by atoms with Gasteiger partial charge in [0.25, 0.3) is 0 Å². The first-order valence-corrected chi connectivity index (χ1v) is 8.00. The first-order valence-electron chi connectivity index (χ1n) is 7.63. The maximum Gasteiger partial charge on any atom is 0.178 e. The van der Waals surface area contributed by atoms with Crippen molar-refractivity contribution in [2.24, 2.45) is 0 Å². The second-order valence-electron chi connectivity index (χ2n) is 5.53. The van der Waals surface area contributed by atoms with Gasteiger partial charge >= 0.3 is 0 Å². The monoisotopic (exact) mass is 350 g/mol. The van der Waals surface area contributed by atoms with Gasteiger partial charge in [-0.15, -0.1) is 0 Å². The average Bonchev–Trinajstić information content (AvgIpc) is 3.34. The number of benzene rings is 1. The molecule has 0 unspecified atom stereocenters. The lowest BCUT2D eigenvalue weighted by atomic mass is 10.1. The van der Waals surface area contributed by atoms with Gasteiger partial charge in [0.15, 0.2) is 5.82 Å². The third-order valence-corrected chi connectivity index (χ3v) is 4.43. The van der Waals surface area contributed by atoms with Gasteiger partial charge in [-0.2, -0.15) is 5.01 Å². The molecule has 0 radical (unpaired) electrons. The molecular weight excluding hydrogens is 335 g/mol. The highest BCUT2D eigenvalue weighted by Gasteiger charge is 2.39. The molecule has 0 saturated carbocycles. The van der Waals surface area contributed by atoms with E-state index in [2.05, 4.69) is 14.7 Å². The molecular formula is C16H16ClFN4O2. The van der Waals surface area contributed by atoms with Crippen LogP contribution in [-0.2, 0) is 9.57 Å². The van der Waals surface area contributed by atoms with Crippen LogP contribution in [0.15, 0.2) is 30.3 Å². The highest BCUT2D eigenvalue weighted by atomic mass is 35.5. The molecule has 24 heavy (non-hydrogen) atoms. The molecule has 6 nitrogen and oxygen atoms in total. The van der Waals surface area contributed by atoms with E-state index in [0.29, 0.717) is 22.2 Å². The van der Waals surface area contributed by atoms with Crippen LogP contribution in [0.5, 0.6) is 0 Å². The Bertz CT molecular complexity index is 752. The van der Waals surface area contributed by atoms with Crippen LogP contribution in [0.3, 0.4) is 0 Å². The van der Waals surface area contributed by atoms with Crippen molar-refractivity contribution in [3.05, 3.63) is 35.4 Å². The molecule has 2 aliphatic rings. The molecule has 2 aromatic rings. The molecule has 4 rings (SSSR count). The summed E-state index contributed by atoms with van der Waals surface area (Å²) in [5.41, 5.74) is 3.24. The molecule has 3 heterocycles. The minimum absolute atomic E-state index is 0.124. The van der Waals surface area contributed by atoms with Crippen molar-refractivity contribution in [2.45, 2.75) is 0 Å². The lowest BCUT2D eigenvalue weighted by Crippen LogP contribution is -2.36. The van der Waals surface area contributed by atoms with E-state index in [4.69, 9.17) is 16.3 Å². The Kier molecular flexibility index (Phi) is 4.01. The SMILES string of the molecule is CON(F)N1c2cc(Cl)c(-c3ccc(N4CCOCC4)cc3)nc21. The lowest BCUT2D eigenvalue weighted by molar-refractivity contribution is -0.257. The molecule has 1 fully saturated rings. The molecule has 1 saturated heterocycles. The number of ether oxygens (including phenoxy) is 1. The van der Waals surface area contributed by atoms with Crippen LogP contribution in [-0.4, -0.2) is 43.8 Å². The molecule has 1 aromatic heterocycles. The summed E-state index contributed by atoms with van der Waals surface area (Å²) in [5, 5.41) is 1.80. The summed E-state index contributed by atoms with van der Waals surface area (Å²) < 4.78 is 18.8. The average molecular weight is 351 g/mol. The number of pyridine rings is 1. The predicted octanol–water partition coefficient (Wildman–Crippen LogP) is 3.35. The molecule has 2 aliphatic heterocycles. The number of hydrogen-bond acceptors (Lipinski definition) is 6. The first kappa shape index (κ1) is 15.6. The molecule has 0 N–H and O–H groups in total. The van der Waals surface area contributed by atoms with Crippen LogP contribution in [0, 0.1) is 0 Å². The van der Waals surface area contributed by atoms with E-state index in [0.717, 1.165) is 37.6 Å². The zero-order valence-corrected chi connectivity index (χ0v) is 13.8. The Labute approximate surface area is 143 Å². The minimum atomic E-state index is 0.124. The van der Waals surface area contributed by atoms with E-state index in [1.54, 1.807) is 6.07 Å². The third-order valence-electron chi connectivity index (χ3n) is 4.14. The number of anilines is 3. The van der Waals surface area contributed by atoms with E-state index >= 15 is 0 Å². The van der Waals surface area contributed by atoms with E-state index in [-0.39, 0.29) is 5.39 Å². The minimum Gasteiger partial charge on any atom is -0.378 e. The summed E-state index contributed by atoms with van der Waals surface area (Å²) >= 11 is 6.30. The standard InChI is InChI=1S/C16H16ClFN4O2/c1-23-22(18)21-14-10-13(17)15(19-16(14)21)11-2-4-12(5-3-11)20-6-8-24-9-7-20/h2-5,10H,6-9H2,1H3. The number of nitrogens with zero attached hydrogens (tertiary/aromatic N) is 4. The Balaban J connectivity index is 1.58. The maximum atomic E-state index is 13.5. The molecule has 1 aromatic carbocycles. The van der Waals surface area contributed by atoms with Crippen LogP contribution < -0.4 is 9.91 Å². The van der Waals surface area contributed by atoms with Crippen molar-refractivity contribution < 1.29 is 14.1 Å². The summed E-state index contributed by atoms with van der Waals surface area (Å²) in [4.78, 5) is 11.2. The van der Waals surface area contributed by atoms with Gasteiger partial charge in [-0.3, -0.25) is 4.84 Å². The Hall–Kier alpha value is -1.93. The first-order chi connectivity index (χ1) is 11.7. The zero-order chi connectivity index (χ0) is 16.7. The van der Waals surface area contributed by atoms with Gasteiger partial charge in [0, 0.05) is 24.3 Å². The Morgan fingerprint density at radius 1 is 1.25 bits per heavy atom. The number of hydrazine groups is 1. The molecule has 8 heteroatoms. The quantitative estimate of drug-likeness (QED) is 0.478. The van der Waals surface area contributed by atoms with Crippen molar-refractivity contribution in [1.82, 2.24) is 10.4 Å². The van der Waals surface area contributed by atoms with Gasteiger partial charge in [-0.1, -0.05) is 28.2 Å². The van der Waals surface area contributed by atoms with Crippen molar-refractivity contribution in [1.29, 1.82) is 0 Å². The second kappa shape index (κ2) is 6.18. The fraction of sp³-hybridized carbons (Fsp3) is 0.312. The number of fused-ring (bicyclic) bond motifs is 1. The van der Waals surface area contributed by atoms with Gasteiger partial charge in [-0.25, -0.2) is 4.98 Å². The predicted molar refractivity (Wildman–Crippen MR) is 89.8 cm³/mol. The zero-order valence-electron chi connectivity index (χ0n) is 13.1. The van der Waals surface area contributed by atoms with Gasteiger partial charge in [-0.05, 0) is 18.2 Å². The van der Waals surface area contributed by atoms with Crippen LogP contribution in [0.4, 0.5) is 21.7 Å². The molecule has 0 amide bonds. The van der Waals surface area contributed by atoms with Gasteiger partial charge in [0.2, 0.25) is 0 Å². The van der Waals surface area contributed by atoms with Crippen molar-refractivity contribution in [2.75, 3.05) is 43.3 Å². The van der Waals surface area contributed by atoms with Crippen molar-refractivity contribution >= 4 is 28.8 Å². The maximum absolute atomic E-state index is 13.5. The molecule has 0 aliphatic carbocycles. The summed E-state index contributed by atoms with van der Waals surface area (Å²) in [5.74, 6) is 0.496. The van der Waals surface area contributed by atoms with Gasteiger partial charge < -0.3 is 9.64 Å². The lowest BCUT2D eigenvalue weighted by Gasteiger charge is -2.28. The summed E-state index contributed by atoms with van der Waals surface area (Å²) in [7, 11) is 1.24. The van der Waals surface area contributed by atoms with Crippen LogP contribution in [0.1, 0.15) is 0 Å². The van der Waals surface area contributed by atoms with Crippen LogP contribution >= 0.6 is 11.6 Å². The number of aromatic nitrogens is 1. The van der Waals surface area contributed by atoms with Crippen LogP contribution in [0.25, 0.3) is 11.3 Å². The Morgan fingerprint density at radius 3 is 2.62 bits per heavy atom. The van der Waals surface area contributed by atoms with Crippen LogP contribution in [0.2, 0.25) is 5.02 Å². The van der Waals surface area contributed by atoms with Gasteiger partial charge in [0.05, 0.1) is 36.4 Å². The van der Waals surface area contributed by atoms with E-state index < -0.39 is 0 Å². The summed E-state index contributed by atoms with van der Waals surface area (Å²) in [6.07, 6.45) is 0. The molecule has 126 valence electrons. The number of morpholine rings is 1. The number of hydrogen-bond donors (Lipinski definition) is 0. The molecule has 0 spiro atoms. The summed E-state index contributed by atoms with van der Waals surface area (Å²) in [6.45, 7) is 3.26. The van der Waals surface area contributed by atoms with Gasteiger partial charge in [0.1, 0.15) is 5.69 Å². The fourth-order valence-corrected chi connectivity index (χ4v) is 3.09. The highest BCUT2D eigenvalue weighted by Crippen LogP contribution is 2.50. The number of rotatable bonds is 4. The number of halogens is 2. The smallest absolute Gasteiger partial charge is 0.178 e. The van der Waals surface area contributed by atoms with Crippen molar-refractivity contribution in [3.8, 4) is 11.3 Å². The normalized spacial score (nSPS) is 16.5. The largest absolute Gasteiger partial charge is 0.378 e. The second-order valence-corrected chi connectivity index (χ2v) is 5.94. The topological polar surface area (TPSA) is 40.8 Å². The Morgan fingerprint density at radius 2 is 1.96 bits per heavy atom.